The van der Waals surface area contributed by atoms with Gasteiger partial charge in [-0.1, -0.05) is 0 Å². The van der Waals surface area contributed by atoms with Crippen molar-refractivity contribution in [3.8, 4) is 0 Å². The number of fused-ring (bicyclic) bond motifs is 1. The zero-order valence-electron chi connectivity index (χ0n) is 15.7. The van der Waals surface area contributed by atoms with E-state index in [1.54, 1.807) is 13.8 Å². The van der Waals surface area contributed by atoms with Crippen molar-refractivity contribution in [2.24, 2.45) is 0 Å². The Kier molecular flexibility index (Phi) is 5.64. The molecule has 3 heterocycles. The summed E-state index contributed by atoms with van der Waals surface area (Å²) in [5, 5.41) is 9.57. The maximum atomic E-state index is 12.6. The minimum absolute atomic E-state index is 0.0563. The minimum atomic E-state index is -5.06. The summed E-state index contributed by atoms with van der Waals surface area (Å²) in [6, 6.07) is 0. The highest BCUT2D eigenvalue weighted by Gasteiger charge is 2.55. The number of amides is 1. The van der Waals surface area contributed by atoms with Crippen molar-refractivity contribution in [2.45, 2.75) is 56.9 Å². The van der Waals surface area contributed by atoms with E-state index >= 15 is 0 Å². The standard InChI is InChI=1S/C16H20F3N3O6S/c1-15(2)27-9-8(6-23)26-12(10(9)28-15)22-5-7(11(24)20-14(22)29)4-21(3)13(25)16(17,18)19/h5,8-10,12,23H,4,6H2,1-3H3,(H,20,24,29)/t8-,9?,10?,12-/m1/s1. The van der Waals surface area contributed by atoms with Crippen molar-refractivity contribution >= 4 is 18.1 Å². The van der Waals surface area contributed by atoms with Crippen LogP contribution in [-0.2, 0) is 25.5 Å². The molecule has 2 fully saturated rings. The Hall–Kier alpha value is -1.80. The van der Waals surface area contributed by atoms with Crippen molar-refractivity contribution in [3.63, 3.8) is 0 Å². The number of aromatic nitrogens is 2. The van der Waals surface area contributed by atoms with Crippen molar-refractivity contribution < 1.29 is 37.3 Å². The maximum absolute atomic E-state index is 12.6. The lowest BCUT2D eigenvalue weighted by Crippen LogP contribution is -2.39. The van der Waals surface area contributed by atoms with Gasteiger partial charge in [0.05, 0.1) is 18.7 Å². The Balaban J connectivity index is 1.93. The molecule has 0 aromatic carbocycles. The highest BCUT2D eigenvalue weighted by atomic mass is 32.1. The van der Waals surface area contributed by atoms with Gasteiger partial charge in [-0.15, -0.1) is 0 Å². The Morgan fingerprint density at radius 2 is 2.00 bits per heavy atom. The molecule has 0 saturated carbocycles. The third-order valence-electron chi connectivity index (χ3n) is 4.62. The van der Waals surface area contributed by atoms with Crippen LogP contribution < -0.4 is 5.56 Å². The molecule has 4 atom stereocenters. The number of ether oxygens (including phenoxy) is 3. The molecule has 0 aliphatic carbocycles. The lowest BCUT2D eigenvalue weighted by atomic mass is 10.1. The predicted octanol–water partition coefficient (Wildman–Crippen LogP) is 0.836. The molecule has 1 aromatic heterocycles. The average Bonchev–Trinajstić information content (AvgIpc) is 3.08. The summed E-state index contributed by atoms with van der Waals surface area (Å²) in [7, 11) is 0.932. The molecule has 0 spiro atoms. The fraction of sp³-hybridized carbons (Fsp3) is 0.688. The second kappa shape index (κ2) is 7.47. The molecule has 2 aliphatic heterocycles. The summed E-state index contributed by atoms with van der Waals surface area (Å²) in [6.45, 7) is 2.41. The number of H-pyrrole nitrogens is 1. The number of rotatable bonds is 4. The van der Waals surface area contributed by atoms with E-state index in [0.29, 0.717) is 4.90 Å². The second-order valence-electron chi connectivity index (χ2n) is 7.29. The van der Waals surface area contributed by atoms with Crippen molar-refractivity contribution in [1.29, 1.82) is 0 Å². The van der Waals surface area contributed by atoms with Gasteiger partial charge in [-0.3, -0.25) is 19.1 Å². The molecule has 9 nitrogen and oxygen atoms in total. The van der Waals surface area contributed by atoms with Crippen LogP contribution in [0.5, 0.6) is 0 Å². The largest absolute Gasteiger partial charge is 0.471 e. The number of alkyl halides is 3. The van der Waals surface area contributed by atoms with Crippen LogP contribution >= 0.6 is 12.2 Å². The summed E-state index contributed by atoms with van der Waals surface area (Å²) in [4.78, 5) is 26.3. The third-order valence-corrected chi connectivity index (χ3v) is 4.93. The molecule has 13 heteroatoms. The molecule has 2 N–H and O–H groups in total. The number of carbonyl (C=O) groups excluding carboxylic acids is 1. The molecule has 2 aliphatic rings. The first-order valence-electron chi connectivity index (χ1n) is 8.62. The van der Waals surface area contributed by atoms with Gasteiger partial charge in [0.25, 0.3) is 5.56 Å². The average molecular weight is 439 g/mol. The van der Waals surface area contributed by atoms with Gasteiger partial charge in [-0.25, -0.2) is 0 Å². The fourth-order valence-corrected chi connectivity index (χ4v) is 3.65. The highest BCUT2D eigenvalue weighted by Crippen LogP contribution is 2.42. The first kappa shape index (κ1) is 21.9. The van der Waals surface area contributed by atoms with E-state index in [4.69, 9.17) is 26.4 Å². The summed E-state index contributed by atoms with van der Waals surface area (Å²) < 4.78 is 56.5. The second-order valence-corrected chi connectivity index (χ2v) is 7.68. The number of halogens is 3. The molecular formula is C16H20F3N3O6S. The van der Waals surface area contributed by atoms with Gasteiger partial charge in [0.1, 0.15) is 18.3 Å². The van der Waals surface area contributed by atoms with Crippen LogP contribution in [0.25, 0.3) is 0 Å². The Morgan fingerprint density at radius 3 is 2.59 bits per heavy atom. The van der Waals surface area contributed by atoms with Crippen molar-refractivity contribution in [3.05, 3.63) is 26.9 Å². The van der Waals surface area contributed by atoms with Gasteiger partial charge in [0, 0.05) is 13.2 Å². The van der Waals surface area contributed by atoms with Crippen LogP contribution in [0.2, 0.25) is 0 Å². The van der Waals surface area contributed by atoms with E-state index in [9.17, 15) is 27.9 Å². The van der Waals surface area contributed by atoms with Gasteiger partial charge in [0.2, 0.25) is 0 Å². The van der Waals surface area contributed by atoms with Crippen LogP contribution in [0.1, 0.15) is 25.6 Å². The van der Waals surface area contributed by atoms with Gasteiger partial charge in [-0.2, -0.15) is 13.2 Å². The lowest BCUT2D eigenvalue weighted by Gasteiger charge is -2.25. The van der Waals surface area contributed by atoms with Gasteiger partial charge in [0.15, 0.2) is 16.8 Å². The van der Waals surface area contributed by atoms with E-state index in [-0.39, 0.29) is 16.9 Å². The van der Waals surface area contributed by atoms with E-state index in [1.807, 2.05) is 0 Å². The van der Waals surface area contributed by atoms with Gasteiger partial charge in [-0.05, 0) is 26.1 Å². The molecule has 162 valence electrons. The third kappa shape index (κ3) is 4.23. The minimum Gasteiger partial charge on any atom is -0.394 e. The number of hydrogen-bond acceptors (Lipinski definition) is 7. The fourth-order valence-electron chi connectivity index (χ4n) is 3.40. The molecule has 2 saturated heterocycles. The first-order valence-corrected chi connectivity index (χ1v) is 9.03. The zero-order chi connectivity index (χ0) is 21.7. The summed E-state index contributed by atoms with van der Waals surface area (Å²) in [5.41, 5.74) is -0.866. The first-order chi connectivity index (χ1) is 13.3. The molecule has 0 bridgehead atoms. The monoisotopic (exact) mass is 439 g/mol. The number of nitrogens with zero attached hydrogens (tertiary/aromatic N) is 2. The van der Waals surface area contributed by atoms with Crippen LogP contribution in [0.3, 0.4) is 0 Å². The highest BCUT2D eigenvalue weighted by molar-refractivity contribution is 7.71. The summed E-state index contributed by atoms with van der Waals surface area (Å²) in [6.07, 6.45) is -6.75. The van der Waals surface area contributed by atoms with Gasteiger partial charge >= 0.3 is 12.1 Å². The molecule has 3 rings (SSSR count). The van der Waals surface area contributed by atoms with E-state index in [2.05, 4.69) is 4.98 Å². The Morgan fingerprint density at radius 1 is 1.38 bits per heavy atom. The Bertz CT molecular complexity index is 914. The molecule has 1 aromatic rings. The number of nitrogens with one attached hydrogen (secondary N) is 1. The van der Waals surface area contributed by atoms with E-state index < -0.39 is 54.5 Å². The van der Waals surface area contributed by atoms with E-state index in [1.165, 1.54) is 10.8 Å². The number of aliphatic hydroxyl groups is 1. The number of carbonyl (C=O) groups is 1. The predicted molar refractivity (Wildman–Crippen MR) is 93.2 cm³/mol. The number of aromatic amines is 1. The van der Waals surface area contributed by atoms with Crippen LogP contribution in [0.15, 0.2) is 11.0 Å². The summed E-state index contributed by atoms with van der Waals surface area (Å²) in [5.74, 6) is -3.03. The molecule has 0 radical (unpaired) electrons. The molecule has 29 heavy (non-hydrogen) atoms. The molecule has 2 unspecified atom stereocenters. The van der Waals surface area contributed by atoms with Gasteiger partial charge < -0.3 is 24.2 Å². The van der Waals surface area contributed by atoms with Crippen molar-refractivity contribution in [1.82, 2.24) is 14.5 Å². The van der Waals surface area contributed by atoms with Crippen LogP contribution in [-0.4, -0.2) is 69.4 Å². The molecular weight excluding hydrogens is 419 g/mol. The van der Waals surface area contributed by atoms with Crippen LogP contribution in [0.4, 0.5) is 13.2 Å². The lowest BCUT2D eigenvalue weighted by molar-refractivity contribution is -0.200. The van der Waals surface area contributed by atoms with Crippen LogP contribution in [0, 0.1) is 4.77 Å². The summed E-state index contributed by atoms with van der Waals surface area (Å²) >= 11 is 5.16. The number of aliphatic hydroxyl groups excluding tert-OH is 1. The van der Waals surface area contributed by atoms with Crippen molar-refractivity contribution in [2.75, 3.05) is 13.7 Å². The Labute approximate surface area is 168 Å². The zero-order valence-corrected chi connectivity index (χ0v) is 16.5. The SMILES string of the molecule is CN(Cc1cn([C@@H]2O[C@H](CO)C3OC(C)(C)OC32)c(=S)[nH]c1=O)C(=O)C(F)(F)F. The molecule has 1 amide bonds. The topological polar surface area (TPSA) is 106 Å². The van der Waals surface area contributed by atoms with E-state index in [0.717, 1.165) is 7.05 Å². The number of hydrogen-bond donors (Lipinski definition) is 2. The quantitative estimate of drug-likeness (QED) is 0.670. The normalized spacial score (nSPS) is 28.4. The maximum Gasteiger partial charge on any atom is 0.471 e. The smallest absolute Gasteiger partial charge is 0.394 e.